The number of hydrogen-bond acceptors (Lipinski definition) is 2. The number of carbonyl (C=O) groups is 1. The molecule has 0 aliphatic heterocycles. The second kappa shape index (κ2) is 9.59. The van der Waals surface area contributed by atoms with Crippen LogP contribution in [0.15, 0.2) is 47.5 Å². The van der Waals surface area contributed by atoms with Gasteiger partial charge in [0.1, 0.15) is 5.82 Å². The van der Waals surface area contributed by atoms with Crippen LogP contribution >= 0.6 is 0 Å². The maximum Gasteiger partial charge on any atom is 0.416 e. The van der Waals surface area contributed by atoms with Crippen molar-refractivity contribution in [2.24, 2.45) is 4.99 Å². The second-order valence-corrected chi connectivity index (χ2v) is 5.85. The molecule has 5 nitrogen and oxygen atoms in total. The number of anilines is 1. The van der Waals surface area contributed by atoms with Crippen molar-refractivity contribution in [3.63, 3.8) is 0 Å². The predicted molar refractivity (Wildman–Crippen MR) is 103 cm³/mol. The smallest absolute Gasteiger partial charge is 0.352 e. The number of benzene rings is 2. The quantitative estimate of drug-likeness (QED) is 0.309. The Morgan fingerprint density at radius 3 is 2.59 bits per heavy atom. The molecule has 29 heavy (non-hydrogen) atoms. The molecule has 2 aromatic rings. The standard InChI is InChI=1S/C20H18F4N4O/c1-3-13-5-4-6-16(9-13)28-18(29)12-27-19(25-2)26-11-14-7-8-15(21)10-17(14)20(22,23)24/h1,4-10H,11-12H2,2H3,(H,28,29)(H2,25,26,27). The lowest BCUT2D eigenvalue weighted by atomic mass is 10.1. The van der Waals surface area contributed by atoms with E-state index < -0.39 is 23.5 Å². The average molecular weight is 406 g/mol. The number of terminal acetylenes is 1. The van der Waals surface area contributed by atoms with E-state index in [1.165, 1.54) is 7.05 Å². The van der Waals surface area contributed by atoms with Crippen molar-refractivity contribution in [2.45, 2.75) is 12.7 Å². The van der Waals surface area contributed by atoms with E-state index in [0.717, 1.165) is 12.1 Å². The van der Waals surface area contributed by atoms with Gasteiger partial charge in [0.15, 0.2) is 5.96 Å². The van der Waals surface area contributed by atoms with E-state index in [2.05, 4.69) is 26.9 Å². The van der Waals surface area contributed by atoms with Gasteiger partial charge in [0.2, 0.25) is 5.91 Å². The highest BCUT2D eigenvalue weighted by atomic mass is 19.4. The van der Waals surface area contributed by atoms with Crippen LogP contribution in [-0.4, -0.2) is 25.5 Å². The van der Waals surface area contributed by atoms with Gasteiger partial charge in [0.05, 0.1) is 12.1 Å². The monoisotopic (exact) mass is 406 g/mol. The first-order valence-corrected chi connectivity index (χ1v) is 8.39. The van der Waals surface area contributed by atoms with Crippen molar-refractivity contribution >= 4 is 17.6 Å². The van der Waals surface area contributed by atoms with Gasteiger partial charge in [-0.1, -0.05) is 18.1 Å². The van der Waals surface area contributed by atoms with Crippen LogP contribution in [0.3, 0.4) is 0 Å². The molecule has 1 amide bonds. The third-order valence-electron chi connectivity index (χ3n) is 3.78. The lowest BCUT2D eigenvalue weighted by molar-refractivity contribution is -0.138. The number of amides is 1. The first kappa shape index (κ1) is 21.8. The Kier molecular flexibility index (Phi) is 7.20. The fraction of sp³-hybridized carbons (Fsp3) is 0.200. The van der Waals surface area contributed by atoms with Crippen molar-refractivity contribution in [3.05, 3.63) is 65.0 Å². The van der Waals surface area contributed by atoms with Gasteiger partial charge in [-0.3, -0.25) is 9.79 Å². The third-order valence-corrected chi connectivity index (χ3v) is 3.78. The van der Waals surface area contributed by atoms with Crippen LogP contribution in [-0.2, 0) is 17.5 Å². The van der Waals surface area contributed by atoms with Crippen LogP contribution < -0.4 is 16.0 Å². The summed E-state index contributed by atoms with van der Waals surface area (Å²) in [5, 5.41) is 7.99. The molecule has 0 atom stereocenters. The third kappa shape index (κ3) is 6.53. The van der Waals surface area contributed by atoms with Gasteiger partial charge >= 0.3 is 6.18 Å². The molecular formula is C20H18F4N4O. The summed E-state index contributed by atoms with van der Waals surface area (Å²) in [4.78, 5) is 15.9. The molecule has 0 bridgehead atoms. The largest absolute Gasteiger partial charge is 0.416 e. The molecule has 0 radical (unpaired) electrons. The number of hydrogen-bond donors (Lipinski definition) is 3. The molecular weight excluding hydrogens is 388 g/mol. The number of guanidine groups is 1. The maximum absolute atomic E-state index is 13.2. The molecule has 2 aromatic carbocycles. The summed E-state index contributed by atoms with van der Waals surface area (Å²) in [6.45, 7) is -0.448. The van der Waals surface area contributed by atoms with Crippen LogP contribution in [0.25, 0.3) is 0 Å². The number of halogens is 4. The summed E-state index contributed by atoms with van der Waals surface area (Å²) in [7, 11) is 1.40. The molecule has 0 saturated heterocycles. The Bertz CT molecular complexity index is 948. The van der Waals surface area contributed by atoms with E-state index in [0.29, 0.717) is 17.3 Å². The first-order chi connectivity index (χ1) is 13.7. The van der Waals surface area contributed by atoms with E-state index in [-0.39, 0.29) is 24.6 Å². The maximum atomic E-state index is 13.2. The van der Waals surface area contributed by atoms with E-state index >= 15 is 0 Å². The van der Waals surface area contributed by atoms with Crippen molar-refractivity contribution in [1.82, 2.24) is 10.6 Å². The lowest BCUT2D eigenvalue weighted by Gasteiger charge is -2.16. The number of aliphatic imine (C=N–C) groups is 1. The Morgan fingerprint density at radius 1 is 1.17 bits per heavy atom. The van der Waals surface area contributed by atoms with E-state index in [1.54, 1.807) is 24.3 Å². The van der Waals surface area contributed by atoms with Gasteiger partial charge < -0.3 is 16.0 Å². The first-order valence-electron chi connectivity index (χ1n) is 8.39. The van der Waals surface area contributed by atoms with E-state index in [1.807, 2.05) is 0 Å². The molecule has 0 heterocycles. The molecule has 0 saturated carbocycles. The highest BCUT2D eigenvalue weighted by Crippen LogP contribution is 2.32. The van der Waals surface area contributed by atoms with Gasteiger partial charge in [-0.15, -0.1) is 6.42 Å². The molecule has 0 fully saturated rings. The Labute approximate surface area is 165 Å². The van der Waals surface area contributed by atoms with E-state index in [4.69, 9.17) is 6.42 Å². The highest BCUT2D eigenvalue weighted by Gasteiger charge is 2.33. The molecule has 152 valence electrons. The Balaban J connectivity index is 1.93. The summed E-state index contributed by atoms with van der Waals surface area (Å²) in [6, 6.07) is 9.12. The number of rotatable bonds is 5. The van der Waals surface area contributed by atoms with Gasteiger partial charge in [-0.2, -0.15) is 13.2 Å². The highest BCUT2D eigenvalue weighted by molar-refractivity contribution is 5.95. The van der Waals surface area contributed by atoms with Crippen LogP contribution in [0.1, 0.15) is 16.7 Å². The zero-order chi connectivity index (χ0) is 21.4. The number of alkyl halides is 3. The summed E-state index contributed by atoms with van der Waals surface area (Å²) in [5.41, 5.74) is -0.117. The SMILES string of the molecule is C#Cc1cccc(NC(=O)CNC(=NC)NCc2ccc(F)cc2C(F)(F)F)c1. The van der Waals surface area contributed by atoms with Gasteiger partial charge in [-0.05, 0) is 35.9 Å². The molecule has 3 N–H and O–H groups in total. The number of carbonyl (C=O) groups excluding carboxylic acids is 1. The molecule has 0 aliphatic carbocycles. The predicted octanol–water partition coefficient (Wildman–Crippen LogP) is 3.13. The molecule has 0 aliphatic rings. The second-order valence-electron chi connectivity index (χ2n) is 5.85. The lowest BCUT2D eigenvalue weighted by Crippen LogP contribution is -2.41. The minimum atomic E-state index is -4.69. The topological polar surface area (TPSA) is 65.5 Å². The molecule has 0 unspecified atom stereocenters. The fourth-order valence-corrected chi connectivity index (χ4v) is 2.42. The minimum absolute atomic E-state index is 0.106. The number of nitrogens with zero attached hydrogens (tertiary/aromatic N) is 1. The zero-order valence-corrected chi connectivity index (χ0v) is 15.4. The Hall–Kier alpha value is -3.54. The average Bonchev–Trinajstić information content (AvgIpc) is 2.68. The number of nitrogens with one attached hydrogen (secondary N) is 3. The summed E-state index contributed by atoms with van der Waals surface area (Å²) in [5.74, 6) is 1.18. The van der Waals surface area contributed by atoms with E-state index in [9.17, 15) is 22.4 Å². The molecule has 0 spiro atoms. The van der Waals surface area contributed by atoms with Crippen LogP contribution in [0.4, 0.5) is 23.2 Å². The fourth-order valence-electron chi connectivity index (χ4n) is 2.42. The molecule has 0 aromatic heterocycles. The zero-order valence-electron chi connectivity index (χ0n) is 15.4. The molecule has 2 rings (SSSR count). The van der Waals surface area contributed by atoms with Crippen molar-refractivity contribution < 1.29 is 22.4 Å². The minimum Gasteiger partial charge on any atom is -0.352 e. The molecule has 9 heteroatoms. The van der Waals surface area contributed by atoms with Crippen LogP contribution in [0.5, 0.6) is 0 Å². The van der Waals surface area contributed by atoms with Crippen LogP contribution in [0, 0.1) is 18.2 Å². The van der Waals surface area contributed by atoms with Crippen molar-refractivity contribution in [1.29, 1.82) is 0 Å². The van der Waals surface area contributed by atoms with Crippen LogP contribution in [0.2, 0.25) is 0 Å². The summed E-state index contributed by atoms with van der Waals surface area (Å²) >= 11 is 0. The van der Waals surface area contributed by atoms with Crippen molar-refractivity contribution in [3.8, 4) is 12.3 Å². The van der Waals surface area contributed by atoms with Gasteiger partial charge in [0.25, 0.3) is 0 Å². The summed E-state index contributed by atoms with van der Waals surface area (Å²) < 4.78 is 52.3. The Morgan fingerprint density at radius 2 is 1.93 bits per heavy atom. The van der Waals surface area contributed by atoms with Crippen molar-refractivity contribution in [2.75, 3.05) is 18.9 Å². The summed E-state index contributed by atoms with van der Waals surface area (Å²) in [6.07, 6.45) is 0.611. The van der Waals surface area contributed by atoms with Gasteiger partial charge in [-0.25, -0.2) is 4.39 Å². The normalized spacial score (nSPS) is 11.5. The van der Waals surface area contributed by atoms with Gasteiger partial charge in [0, 0.05) is 24.8 Å².